The van der Waals surface area contributed by atoms with Gasteiger partial charge in [0, 0.05) is 13.6 Å². The summed E-state index contributed by atoms with van der Waals surface area (Å²) in [5.41, 5.74) is 0.962. The van der Waals surface area contributed by atoms with Gasteiger partial charge in [0.2, 0.25) is 0 Å². The Morgan fingerprint density at radius 3 is 2.41 bits per heavy atom. The van der Waals surface area contributed by atoms with Crippen LogP contribution in [0.2, 0.25) is 0 Å². The van der Waals surface area contributed by atoms with Crippen LogP contribution < -0.4 is 5.32 Å². The molecule has 0 saturated heterocycles. The first-order valence-corrected chi connectivity index (χ1v) is 5.25. The molecule has 0 fully saturated rings. The Hall–Kier alpha value is -1.88. The monoisotopic (exact) mass is 236 g/mol. The highest BCUT2D eigenvalue weighted by Gasteiger charge is 2.26. The first-order valence-electron chi connectivity index (χ1n) is 5.25. The molecule has 0 aliphatic carbocycles. The predicted octanol–water partition coefficient (Wildman–Crippen LogP) is 0.318. The van der Waals surface area contributed by atoms with E-state index in [-0.39, 0.29) is 0 Å². The summed E-state index contributed by atoms with van der Waals surface area (Å²) < 4.78 is 0. The number of carboxylic acid groups (broad SMARTS) is 1. The summed E-state index contributed by atoms with van der Waals surface area (Å²) >= 11 is 0. The van der Waals surface area contributed by atoms with E-state index in [1.165, 1.54) is 11.9 Å². The standard InChI is InChI=1S/C12H16N2O3/c1-13-10(12(16)17)11(15)14(2)8-9-6-4-3-5-7-9/h3-7,10,13H,8H2,1-2H3,(H,16,17). The van der Waals surface area contributed by atoms with E-state index < -0.39 is 17.9 Å². The third-order valence-corrected chi connectivity index (χ3v) is 2.42. The highest BCUT2D eigenvalue weighted by Crippen LogP contribution is 2.04. The van der Waals surface area contributed by atoms with Gasteiger partial charge in [-0.1, -0.05) is 30.3 Å². The Labute approximate surface area is 100 Å². The normalized spacial score (nSPS) is 11.9. The number of aliphatic carboxylic acids is 1. The number of hydrogen-bond acceptors (Lipinski definition) is 3. The summed E-state index contributed by atoms with van der Waals surface area (Å²) in [6, 6.07) is 8.22. The number of rotatable bonds is 5. The van der Waals surface area contributed by atoms with Gasteiger partial charge in [0.05, 0.1) is 0 Å². The van der Waals surface area contributed by atoms with Crippen LogP contribution in [0.4, 0.5) is 0 Å². The molecule has 1 amide bonds. The maximum Gasteiger partial charge on any atom is 0.330 e. The summed E-state index contributed by atoms with van der Waals surface area (Å²) in [5, 5.41) is 11.3. The maximum absolute atomic E-state index is 11.8. The van der Waals surface area contributed by atoms with Crippen molar-refractivity contribution in [3.8, 4) is 0 Å². The molecule has 1 aromatic rings. The van der Waals surface area contributed by atoms with E-state index in [0.717, 1.165) is 5.56 Å². The second kappa shape index (κ2) is 6.00. The summed E-state index contributed by atoms with van der Waals surface area (Å²) in [6.45, 7) is 0.394. The molecular formula is C12H16N2O3. The van der Waals surface area contributed by atoms with Gasteiger partial charge in [0.25, 0.3) is 5.91 Å². The van der Waals surface area contributed by atoms with Gasteiger partial charge in [-0.2, -0.15) is 0 Å². The molecule has 0 aromatic heterocycles. The number of nitrogens with one attached hydrogen (secondary N) is 1. The van der Waals surface area contributed by atoms with Crippen molar-refractivity contribution >= 4 is 11.9 Å². The molecule has 1 unspecified atom stereocenters. The number of nitrogens with zero attached hydrogens (tertiary/aromatic N) is 1. The van der Waals surface area contributed by atoms with E-state index in [2.05, 4.69) is 5.32 Å². The maximum atomic E-state index is 11.8. The molecule has 5 nitrogen and oxygen atoms in total. The summed E-state index contributed by atoms with van der Waals surface area (Å²) in [7, 11) is 3.04. The van der Waals surface area contributed by atoms with Gasteiger partial charge in [-0.15, -0.1) is 0 Å². The molecule has 1 atom stereocenters. The molecule has 1 aromatic carbocycles. The van der Waals surface area contributed by atoms with Crippen LogP contribution in [0.15, 0.2) is 30.3 Å². The molecule has 2 N–H and O–H groups in total. The largest absolute Gasteiger partial charge is 0.480 e. The zero-order chi connectivity index (χ0) is 12.8. The van der Waals surface area contributed by atoms with E-state index in [9.17, 15) is 9.59 Å². The van der Waals surface area contributed by atoms with E-state index in [1.54, 1.807) is 7.05 Å². The average Bonchev–Trinajstić information content (AvgIpc) is 2.30. The van der Waals surface area contributed by atoms with Crippen LogP contribution in [0.3, 0.4) is 0 Å². The van der Waals surface area contributed by atoms with Gasteiger partial charge in [-0.3, -0.25) is 10.1 Å². The molecule has 0 aliphatic heterocycles. The van der Waals surface area contributed by atoms with Gasteiger partial charge in [0.1, 0.15) is 0 Å². The predicted molar refractivity (Wildman–Crippen MR) is 63.4 cm³/mol. The lowest BCUT2D eigenvalue weighted by Crippen LogP contribution is -2.48. The Kier molecular flexibility index (Phi) is 4.66. The van der Waals surface area contributed by atoms with Crippen LogP contribution in [0.25, 0.3) is 0 Å². The lowest BCUT2D eigenvalue weighted by molar-refractivity contribution is -0.147. The van der Waals surface area contributed by atoms with E-state index in [4.69, 9.17) is 5.11 Å². The number of carbonyl (C=O) groups excluding carboxylic acids is 1. The molecule has 0 radical (unpaired) electrons. The van der Waals surface area contributed by atoms with E-state index in [0.29, 0.717) is 6.54 Å². The van der Waals surface area contributed by atoms with Crippen LogP contribution in [-0.2, 0) is 16.1 Å². The number of benzene rings is 1. The number of carbonyl (C=O) groups is 2. The fourth-order valence-corrected chi connectivity index (χ4v) is 1.51. The van der Waals surface area contributed by atoms with Crippen molar-refractivity contribution in [1.82, 2.24) is 10.2 Å². The van der Waals surface area contributed by atoms with Crippen molar-refractivity contribution in [3.05, 3.63) is 35.9 Å². The minimum absolute atomic E-state index is 0.394. The van der Waals surface area contributed by atoms with Crippen molar-refractivity contribution in [1.29, 1.82) is 0 Å². The van der Waals surface area contributed by atoms with Crippen LogP contribution in [0, 0.1) is 0 Å². The van der Waals surface area contributed by atoms with Crippen molar-refractivity contribution < 1.29 is 14.7 Å². The first-order chi connectivity index (χ1) is 8.06. The molecule has 17 heavy (non-hydrogen) atoms. The lowest BCUT2D eigenvalue weighted by atomic mass is 10.2. The van der Waals surface area contributed by atoms with Crippen molar-refractivity contribution in [2.24, 2.45) is 0 Å². The molecule has 1 rings (SSSR count). The van der Waals surface area contributed by atoms with Gasteiger partial charge < -0.3 is 10.0 Å². The average molecular weight is 236 g/mol. The number of carboxylic acids is 1. The molecule has 0 spiro atoms. The highest BCUT2D eigenvalue weighted by atomic mass is 16.4. The van der Waals surface area contributed by atoms with Crippen molar-refractivity contribution in [3.63, 3.8) is 0 Å². The molecule has 92 valence electrons. The van der Waals surface area contributed by atoms with Crippen molar-refractivity contribution in [2.45, 2.75) is 12.6 Å². The Morgan fingerprint density at radius 1 is 1.35 bits per heavy atom. The van der Waals surface area contributed by atoms with Crippen LogP contribution in [0.1, 0.15) is 5.56 Å². The van der Waals surface area contributed by atoms with Gasteiger partial charge in [0.15, 0.2) is 6.04 Å². The second-order valence-corrected chi connectivity index (χ2v) is 3.74. The third-order valence-electron chi connectivity index (χ3n) is 2.42. The zero-order valence-electron chi connectivity index (χ0n) is 9.88. The molecule has 0 aliphatic rings. The topological polar surface area (TPSA) is 69.6 Å². The quantitative estimate of drug-likeness (QED) is 0.722. The van der Waals surface area contributed by atoms with Crippen LogP contribution in [-0.4, -0.2) is 42.0 Å². The molecule has 0 heterocycles. The number of likely N-dealkylation sites (N-methyl/N-ethyl adjacent to an activating group) is 2. The summed E-state index contributed by atoms with van der Waals surface area (Å²) in [4.78, 5) is 24.0. The van der Waals surface area contributed by atoms with Crippen LogP contribution >= 0.6 is 0 Å². The second-order valence-electron chi connectivity index (χ2n) is 3.74. The molecule has 0 saturated carbocycles. The fraction of sp³-hybridized carbons (Fsp3) is 0.333. The Bertz CT molecular complexity index is 392. The SMILES string of the molecule is CNC(C(=O)O)C(=O)N(C)Cc1ccccc1. The molecule has 5 heteroatoms. The van der Waals surface area contributed by atoms with Crippen molar-refractivity contribution in [2.75, 3.05) is 14.1 Å². The smallest absolute Gasteiger partial charge is 0.330 e. The minimum Gasteiger partial charge on any atom is -0.480 e. The number of hydrogen-bond donors (Lipinski definition) is 2. The van der Waals surface area contributed by atoms with Gasteiger partial charge in [-0.05, 0) is 12.6 Å². The highest BCUT2D eigenvalue weighted by molar-refractivity contribution is 6.00. The number of amides is 1. The van der Waals surface area contributed by atoms with E-state index >= 15 is 0 Å². The van der Waals surface area contributed by atoms with Crippen LogP contribution in [0.5, 0.6) is 0 Å². The Morgan fingerprint density at radius 2 is 1.94 bits per heavy atom. The minimum atomic E-state index is -1.19. The zero-order valence-corrected chi connectivity index (χ0v) is 9.88. The first kappa shape index (κ1) is 13.2. The lowest BCUT2D eigenvalue weighted by Gasteiger charge is -2.21. The third kappa shape index (κ3) is 3.57. The summed E-state index contributed by atoms with van der Waals surface area (Å²) in [6.07, 6.45) is 0. The molecule has 0 bridgehead atoms. The summed E-state index contributed by atoms with van der Waals surface area (Å²) in [5.74, 6) is -1.62. The van der Waals surface area contributed by atoms with Gasteiger partial charge in [-0.25, -0.2) is 4.79 Å². The van der Waals surface area contributed by atoms with Gasteiger partial charge >= 0.3 is 5.97 Å². The van der Waals surface area contributed by atoms with E-state index in [1.807, 2.05) is 30.3 Å². The molecular weight excluding hydrogens is 220 g/mol. The fourth-order valence-electron chi connectivity index (χ4n) is 1.51. The Balaban J connectivity index is 2.67.